The van der Waals surface area contributed by atoms with Crippen LogP contribution in [0.3, 0.4) is 0 Å². The Morgan fingerprint density at radius 1 is 1.18 bits per heavy atom. The van der Waals surface area contributed by atoms with Gasteiger partial charge < -0.3 is 9.52 Å². The van der Waals surface area contributed by atoms with Crippen molar-refractivity contribution in [3.05, 3.63) is 59.5 Å². The molecule has 0 saturated carbocycles. The van der Waals surface area contributed by atoms with Gasteiger partial charge >= 0.3 is 5.97 Å². The summed E-state index contributed by atoms with van der Waals surface area (Å²) >= 11 is 0. The standard InChI is InChI=1S/C15H17NO5S/c17-15(18)14-13(8-9-21-14)11-16-22(19,20)10-4-7-12-5-2-1-3-6-12/h1-3,5-6,8-9,16H,4,7,10-11H2,(H,17,18). The van der Waals surface area contributed by atoms with Crippen molar-refractivity contribution in [2.45, 2.75) is 19.4 Å². The summed E-state index contributed by atoms with van der Waals surface area (Å²) in [5.74, 6) is -1.47. The number of sulfonamides is 1. The van der Waals surface area contributed by atoms with Gasteiger partial charge in [-0.25, -0.2) is 17.9 Å². The van der Waals surface area contributed by atoms with Crippen LogP contribution in [0.25, 0.3) is 0 Å². The third kappa shape index (κ3) is 4.71. The average molecular weight is 323 g/mol. The number of nitrogens with one attached hydrogen (secondary N) is 1. The van der Waals surface area contributed by atoms with Gasteiger partial charge in [0.05, 0.1) is 12.0 Å². The van der Waals surface area contributed by atoms with Crippen LogP contribution in [0.4, 0.5) is 0 Å². The van der Waals surface area contributed by atoms with Crippen LogP contribution in [0.2, 0.25) is 0 Å². The van der Waals surface area contributed by atoms with E-state index in [9.17, 15) is 13.2 Å². The van der Waals surface area contributed by atoms with Gasteiger partial charge in [0.15, 0.2) is 0 Å². The first-order valence-corrected chi connectivity index (χ1v) is 8.44. The maximum atomic E-state index is 11.9. The Morgan fingerprint density at radius 3 is 2.59 bits per heavy atom. The van der Waals surface area contributed by atoms with E-state index in [1.54, 1.807) is 0 Å². The Labute approximate surface area is 128 Å². The molecule has 2 N–H and O–H groups in total. The number of aromatic carboxylic acids is 1. The number of furan rings is 1. The van der Waals surface area contributed by atoms with Gasteiger partial charge in [0, 0.05) is 12.1 Å². The van der Waals surface area contributed by atoms with E-state index in [1.807, 2.05) is 30.3 Å². The molecule has 0 saturated heterocycles. The Kier molecular flexibility index (Phi) is 5.35. The molecule has 0 amide bonds. The topological polar surface area (TPSA) is 96.6 Å². The first-order chi connectivity index (χ1) is 10.5. The highest BCUT2D eigenvalue weighted by atomic mass is 32.2. The fraction of sp³-hybridized carbons (Fsp3) is 0.267. The molecule has 1 heterocycles. The van der Waals surface area contributed by atoms with Gasteiger partial charge in [-0.05, 0) is 24.5 Å². The van der Waals surface area contributed by atoms with Gasteiger partial charge in [-0.3, -0.25) is 0 Å². The number of aryl methyl sites for hydroxylation is 1. The number of carboxylic acids is 1. The third-order valence-electron chi connectivity index (χ3n) is 3.14. The molecule has 0 bridgehead atoms. The van der Waals surface area contributed by atoms with E-state index in [1.165, 1.54) is 12.3 Å². The monoisotopic (exact) mass is 323 g/mol. The van der Waals surface area contributed by atoms with Crippen LogP contribution in [0, 0.1) is 0 Å². The van der Waals surface area contributed by atoms with E-state index in [2.05, 4.69) is 4.72 Å². The Hall–Kier alpha value is -2.12. The van der Waals surface area contributed by atoms with Crippen LogP contribution >= 0.6 is 0 Å². The summed E-state index contributed by atoms with van der Waals surface area (Å²) < 4.78 is 31.0. The van der Waals surface area contributed by atoms with Gasteiger partial charge in [0.25, 0.3) is 0 Å². The first kappa shape index (κ1) is 16.3. The molecule has 22 heavy (non-hydrogen) atoms. The van der Waals surface area contributed by atoms with Gasteiger partial charge in [-0.1, -0.05) is 30.3 Å². The molecule has 0 radical (unpaired) electrons. The molecular formula is C15H17NO5S. The zero-order valence-corrected chi connectivity index (χ0v) is 12.7. The van der Waals surface area contributed by atoms with E-state index in [0.29, 0.717) is 18.4 Å². The summed E-state index contributed by atoms with van der Waals surface area (Å²) in [6, 6.07) is 11.1. The Balaban J connectivity index is 1.83. The number of hydrogen-bond acceptors (Lipinski definition) is 4. The van der Waals surface area contributed by atoms with Gasteiger partial charge in [0.1, 0.15) is 0 Å². The number of hydrogen-bond donors (Lipinski definition) is 2. The summed E-state index contributed by atoms with van der Waals surface area (Å²) in [5.41, 5.74) is 1.39. The molecule has 0 fully saturated rings. The molecule has 0 aliphatic heterocycles. The molecule has 0 aliphatic rings. The van der Waals surface area contributed by atoms with Crippen LogP contribution in [-0.2, 0) is 23.0 Å². The maximum Gasteiger partial charge on any atom is 0.372 e. The van der Waals surface area contributed by atoms with Crippen LogP contribution in [-0.4, -0.2) is 25.2 Å². The molecule has 1 aromatic heterocycles. The lowest BCUT2D eigenvalue weighted by Crippen LogP contribution is -2.26. The summed E-state index contributed by atoms with van der Waals surface area (Å²) in [5, 5.41) is 8.88. The highest BCUT2D eigenvalue weighted by Gasteiger charge is 2.16. The highest BCUT2D eigenvalue weighted by Crippen LogP contribution is 2.11. The van der Waals surface area contributed by atoms with E-state index in [0.717, 1.165) is 5.56 Å². The van der Waals surface area contributed by atoms with Crippen molar-refractivity contribution in [2.75, 3.05) is 5.75 Å². The zero-order valence-electron chi connectivity index (χ0n) is 11.9. The number of benzene rings is 1. The predicted octanol–water partition coefficient (Wildman–Crippen LogP) is 2.03. The molecular weight excluding hydrogens is 306 g/mol. The summed E-state index contributed by atoms with van der Waals surface area (Å²) in [4.78, 5) is 10.9. The normalized spacial score (nSPS) is 11.5. The number of carboxylic acid groups (broad SMARTS) is 1. The second-order valence-electron chi connectivity index (χ2n) is 4.81. The summed E-state index contributed by atoms with van der Waals surface area (Å²) in [6.07, 6.45) is 2.40. The van der Waals surface area contributed by atoms with Gasteiger partial charge in [0.2, 0.25) is 15.8 Å². The molecule has 0 spiro atoms. The minimum absolute atomic E-state index is 0.0118. The van der Waals surface area contributed by atoms with Crippen LogP contribution in [0.15, 0.2) is 47.1 Å². The third-order valence-corrected chi connectivity index (χ3v) is 4.56. The second-order valence-corrected chi connectivity index (χ2v) is 6.74. The molecule has 6 nitrogen and oxygen atoms in total. The first-order valence-electron chi connectivity index (χ1n) is 6.79. The van der Waals surface area contributed by atoms with Crippen molar-refractivity contribution < 1.29 is 22.7 Å². The van der Waals surface area contributed by atoms with E-state index >= 15 is 0 Å². The minimum atomic E-state index is -3.45. The molecule has 0 atom stereocenters. The number of carbonyl (C=O) groups is 1. The highest BCUT2D eigenvalue weighted by molar-refractivity contribution is 7.89. The van der Waals surface area contributed by atoms with Crippen molar-refractivity contribution in [3.63, 3.8) is 0 Å². The molecule has 2 rings (SSSR count). The van der Waals surface area contributed by atoms with Crippen LogP contribution < -0.4 is 4.72 Å². The minimum Gasteiger partial charge on any atom is -0.475 e. The smallest absolute Gasteiger partial charge is 0.372 e. The lowest BCUT2D eigenvalue weighted by Gasteiger charge is -2.06. The molecule has 7 heteroatoms. The molecule has 1 aromatic carbocycles. The Morgan fingerprint density at radius 2 is 1.91 bits per heavy atom. The lowest BCUT2D eigenvalue weighted by molar-refractivity contribution is 0.0660. The van der Waals surface area contributed by atoms with Crippen molar-refractivity contribution in [3.8, 4) is 0 Å². The van der Waals surface area contributed by atoms with Crippen molar-refractivity contribution >= 4 is 16.0 Å². The molecule has 0 aliphatic carbocycles. The lowest BCUT2D eigenvalue weighted by atomic mass is 10.1. The largest absolute Gasteiger partial charge is 0.475 e. The number of rotatable bonds is 8. The second kappa shape index (κ2) is 7.24. The van der Waals surface area contributed by atoms with Crippen LogP contribution in [0.5, 0.6) is 0 Å². The molecule has 118 valence electrons. The van der Waals surface area contributed by atoms with E-state index in [-0.39, 0.29) is 18.1 Å². The van der Waals surface area contributed by atoms with Crippen molar-refractivity contribution in [1.82, 2.24) is 4.72 Å². The predicted molar refractivity (Wildman–Crippen MR) is 81.1 cm³/mol. The average Bonchev–Trinajstić information content (AvgIpc) is 2.95. The van der Waals surface area contributed by atoms with Crippen molar-refractivity contribution in [1.29, 1.82) is 0 Å². The summed E-state index contributed by atoms with van der Waals surface area (Å²) in [7, 11) is -3.45. The van der Waals surface area contributed by atoms with E-state index < -0.39 is 16.0 Å². The SMILES string of the molecule is O=C(O)c1occc1CNS(=O)(=O)CCCc1ccccc1. The fourth-order valence-electron chi connectivity index (χ4n) is 2.03. The molecule has 2 aromatic rings. The van der Waals surface area contributed by atoms with E-state index in [4.69, 9.17) is 9.52 Å². The maximum absolute atomic E-state index is 11.9. The summed E-state index contributed by atoms with van der Waals surface area (Å²) in [6.45, 7) is -0.0915. The zero-order chi connectivity index (χ0) is 16.0. The van der Waals surface area contributed by atoms with Gasteiger partial charge in [-0.15, -0.1) is 0 Å². The van der Waals surface area contributed by atoms with Crippen LogP contribution in [0.1, 0.15) is 28.1 Å². The Bertz CT molecular complexity index is 721. The quantitative estimate of drug-likeness (QED) is 0.775. The van der Waals surface area contributed by atoms with Crippen molar-refractivity contribution in [2.24, 2.45) is 0 Å². The fourth-order valence-corrected chi connectivity index (χ4v) is 3.08. The van der Waals surface area contributed by atoms with Gasteiger partial charge in [-0.2, -0.15) is 0 Å². The molecule has 0 unspecified atom stereocenters.